The van der Waals surface area contributed by atoms with Gasteiger partial charge in [-0.1, -0.05) is 24.3 Å². The summed E-state index contributed by atoms with van der Waals surface area (Å²) in [6.45, 7) is 5.77. The fourth-order valence-corrected chi connectivity index (χ4v) is 2.66. The molecule has 126 valence electrons. The summed E-state index contributed by atoms with van der Waals surface area (Å²) in [5.74, 6) is 0.863. The molecular formula is C20H20N4O. The van der Waals surface area contributed by atoms with Gasteiger partial charge in [0.05, 0.1) is 0 Å². The zero-order valence-electron chi connectivity index (χ0n) is 14.5. The van der Waals surface area contributed by atoms with Crippen LogP contribution in [0.1, 0.15) is 27.4 Å². The Kier molecular flexibility index (Phi) is 4.75. The van der Waals surface area contributed by atoms with E-state index in [0.29, 0.717) is 17.3 Å². The second kappa shape index (κ2) is 7.13. The maximum Gasteiger partial charge on any atom is 0.274 e. The van der Waals surface area contributed by atoms with Crippen LogP contribution in [0.2, 0.25) is 0 Å². The molecule has 0 bridgehead atoms. The Bertz CT molecular complexity index is 887. The Labute approximate surface area is 147 Å². The number of anilines is 3. The van der Waals surface area contributed by atoms with Crippen LogP contribution in [0, 0.1) is 20.8 Å². The van der Waals surface area contributed by atoms with Gasteiger partial charge in [0.2, 0.25) is 0 Å². The predicted octanol–water partition coefficient (Wildman–Crippen LogP) is 4.40. The number of para-hydroxylation sites is 1. The molecule has 5 nitrogen and oxygen atoms in total. The second-order valence-corrected chi connectivity index (χ2v) is 6.01. The Morgan fingerprint density at radius 1 is 0.840 bits per heavy atom. The fraction of sp³-hybridized carbons (Fsp3) is 0.150. The molecule has 0 unspecified atom stereocenters. The van der Waals surface area contributed by atoms with Gasteiger partial charge in [0.1, 0.15) is 17.3 Å². The maximum absolute atomic E-state index is 12.6. The molecule has 2 aromatic carbocycles. The summed E-state index contributed by atoms with van der Waals surface area (Å²) >= 11 is 0. The van der Waals surface area contributed by atoms with Crippen LogP contribution >= 0.6 is 0 Å². The molecule has 0 saturated carbocycles. The van der Waals surface area contributed by atoms with Crippen LogP contribution in [0.25, 0.3) is 0 Å². The first-order valence-electron chi connectivity index (χ1n) is 8.07. The molecule has 5 heteroatoms. The van der Waals surface area contributed by atoms with Crippen LogP contribution in [0.3, 0.4) is 0 Å². The van der Waals surface area contributed by atoms with Crippen molar-refractivity contribution in [2.45, 2.75) is 20.8 Å². The van der Waals surface area contributed by atoms with E-state index in [2.05, 4.69) is 26.7 Å². The second-order valence-electron chi connectivity index (χ2n) is 6.01. The zero-order valence-corrected chi connectivity index (χ0v) is 14.5. The van der Waals surface area contributed by atoms with E-state index in [9.17, 15) is 4.79 Å². The van der Waals surface area contributed by atoms with E-state index < -0.39 is 0 Å². The van der Waals surface area contributed by atoms with Gasteiger partial charge in [-0.05, 0) is 56.2 Å². The summed E-state index contributed by atoms with van der Waals surface area (Å²) in [7, 11) is 0. The lowest BCUT2D eigenvalue weighted by Gasteiger charge is -2.10. The SMILES string of the molecule is Cc1cc(C)cc(NC(=O)c2cc(Nc3ccccc3)nc(C)n2)c1. The van der Waals surface area contributed by atoms with Gasteiger partial charge in [0.15, 0.2) is 0 Å². The lowest BCUT2D eigenvalue weighted by Crippen LogP contribution is -2.15. The van der Waals surface area contributed by atoms with Crippen LogP contribution in [-0.4, -0.2) is 15.9 Å². The third-order valence-corrected chi connectivity index (χ3v) is 3.60. The normalized spacial score (nSPS) is 10.4. The van der Waals surface area contributed by atoms with Gasteiger partial charge < -0.3 is 10.6 Å². The van der Waals surface area contributed by atoms with Gasteiger partial charge in [-0.2, -0.15) is 0 Å². The van der Waals surface area contributed by atoms with Crippen LogP contribution in [0.5, 0.6) is 0 Å². The summed E-state index contributed by atoms with van der Waals surface area (Å²) in [5, 5.41) is 6.09. The number of aryl methyl sites for hydroxylation is 3. The summed E-state index contributed by atoms with van der Waals surface area (Å²) in [4.78, 5) is 21.2. The largest absolute Gasteiger partial charge is 0.340 e. The third-order valence-electron chi connectivity index (χ3n) is 3.60. The van der Waals surface area contributed by atoms with E-state index in [1.54, 1.807) is 13.0 Å². The smallest absolute Gasteiger partial charge is 0.274 e. The number of amides is 1. The standard InChI is InChI=1S/C20H20N4O/c1-13-9-14(2)11-17(10-13)24-20(25)18-12-19(22-15(3)21-18)23-16-7-5-4-6-8-16/h4-12H,1-3H3,(H,24,25)(H,21,22,23). The molecule has 0 radical (unpaired) electrons. The number of carbonyl (C=O) groups is 1. The van der Waals surface area contributed by atoms with Crippen molar-refractivity contribution in [1.29, 1.82) is 0 Å². The van der Waals surface area contributed by atoms with Crippen molar-refractivity contribution in [3.8, 4) is 0 Å². The molecule has 0 aliphatic heterocycles. The molecule has 0 fully saturated rings. The summed E-state index contributed by atoms with van der Waals surface area (Å²) in [6.07, 6.45) is 0. The van der Waals surface area contributed by atoms with Crippen molar-refractivity contribution in [2.24, 2.45) is 0 Å². The van der Waals surface area contributed by atoms with E-state index in [1.165, 1.54) is 0 Å². The molecule has 0 aliphatic rings. The van der Waals surface area contributed by atoms with Crippen molar-refractivity contribution in [1.82, 2.24) is 9.97 Å². The highest BCUT2D eigenvalue weighted by molar-refractivity contribution is 6.03. The van der Waals surface area contributed by atoms with E-state index in [4.69, 9.17) is 0 Å². The van der Waals surface area contributed by atoms with Crippen LogP contribution < -0.4 is 10.6 Å². The number of nitrogens with one attached hydrogen (secondary N) is 2. The number of carbonyl (C=O) groups excluding carboxylic acids is 1. The van der Waals surface area contributed by atoms with Crippen molar-refractivity contribution in [2.75, 3.05) is 10.6 Å². The molecule has 3 aromatic rings. The number of nitrogens with zero attached hydrogens (tertiary/aromatic N) is 2. The lowest BCUT2D eigenvalue weighted by atomic mass is 10.1. The van der Waals surface area contributed by atoms with Gasteiger partial charge in [0.25, 0.3) is 5.91 Å². The Balaban J connectivity index is 1.82. The first kappa shape index (κ1) is 16.6. The van der Waals surface area contributed by atoms with Crippen LogP contribution in [0.15, 0.2) is 54.6 Å². The van der Waals surface area contributed by atoms with Gasteiger partial charge in [-0.3, -0.25) is 4.79 Å². The topological polar surface area (TPSA) is 66.9 Å². The minimum atomic E-state index is -0.258. The maximum atomic E-state index is 12.6. The monoisotopic (exact) mass is 332 g/mol. The predicted molar refractivity (Wildman–Crippen MR) is 100 cm³/mol. The van der Waals surface area contributed by atoms with Crippen LogP contribution in [0.4, 0.5) is 17.2 Å². The third kappa shape index (κ3) is 4.41. The van der Waals surface area contributed by atoms with E-state index in [1.807, 2.05) is 56.3 Å². The molecule has 1 amide bonds. The fourth-order valence-electron chi connectivity index (χ4n) is 2.66. The summed E-state index contributed by atoms with van der Waals surface area (Å²) < 4.78 is 0. The Morgan fingerprint density at radius 2 is 1.52 bits per heavy atom. The molecular weight excluding hydrogens is 312 g/mol. The van der Waals surface area contributed by atoms with Crippen molar-refractivity contribution in [3.63, 3.8) is 0 Å². The molecule has 2 N–H and O–H groups in total. The molecule has 0 aliphatic carbocycles. The van der Waals surface area contributed by atoms with Crippen LogP contribution in [-0.2, 0) is 0 Å². The van der Waals surface area contributed by atoms with E-state index in [-0.39, 0.29) is 5.91 Å². The van der Waals surface area contributed by atoms with Gasteiger partial charge in [0, 0.05) is 17.4 Å². The number of aromatic nitrogens is 2. The molecule has 1 aromatic heterocycles. The minimum absolute atomic E-state index is 0.258. The minimum Gasteiger partial charge on any atom is -0.340 e. The van der Waals surface area contributed by atoms with E-state index in [0.717, 1.165) is 22.5 Å². The number of hydrogen-bond acceptors (Lipinski definition) is 4. The molecule has 3 rings (SSSR count). The summed E-state index contributed by atoms with van der Waals surface area (Å²) in [5.41, 5.74) is 4.18. The summed E-state index contributed by atoms with van der Waals surface area (Å²) in [6, 6.07) is 17.3. The lowest BCUT2D eigenvalue weighted by molar-refractivity contribution is 0.102. The van der Waals surface area contributed by atoms with Gasteiger partial charge in [-0.15, -0.1) is 0 Å². The average Bonchev–Trinajstić information content (AvgIpc) is 2.54. The highest BCUT2D eigenvalue weighted by Crippen LogP contribution is 2.17. The number of rotatable bonds is 4. The quantitative estimate of drug-likeness (QED) is 0.743. The van der Waals surface area contributed by atoms with E-state index >= 15 is 0 Å². The first-order chi connectivity index (χ1) is 12.0. The number of hydrogen-bond donors (Lipinski definition) is 2. The first-order valence-corrected chi connectivity index (χ1v) is 8.07. The van der Waals surface area contributed by atoms with Crippen molar-refractivity contribution < 1.29 is 4.79 Å². The van der Waals surface area contributed by atoms with Gasteiger partial charge >= 0.3 is 0 Å². The highest BCUT2D eigenvalue weighted by atomic mass is 16.1. The zero-order chi connectivity index (χ0) is 17.8. The Morgan fingerprint density at radius 3 is 2.20 bits per heavy atom. The van der Waals surface area contributed by atoms with Gasteiger partial charge in [-0.25, -0.2) is 9.97 Å². The van der Waals surface area contributed by atoms with Crippen molar-refractivity contribution >= 4 is 23.1 Å². The highest BCUT2D eigenvalue weighted by Gasteiger charge is 2.11. The molecule has 25 heavy (non-hydrogen) atoms. The average molecular weight is 332 g/mol. The molecule has 1 heterocycles. The molecule has 0 spiro atoms. The molecule has 0 saturated heterocycles. The Hall–Kier alpha value is -3.21. The van der Waals surface area contributed by atoms with Crippen molar-refractivity contribution in [3.05, 3.63) is 77.2 Å². The number of benzene rings is 2. The molecule has 0 atom stereocenters.